The second-order valence-electron chi connectivity index (χ2n) is 5.13. The second-order valence-corrected chi connectivity index (χ2v) is 7.51. The minimum atomic E-state index is -3.42. The Kier molecular flexibility index (Phi) is 5.32. The molecule has 2 rings (SSSR count). The van der Waals surface area contributed by atoms with Crippen molar-refractivity contribution < 1.29 is 8.42 Å². The first-order chi connectivity index (χ1) is 9.95. The van der Waals surface area contributed by atoms with Crippen molar-refractivity contribution in [2.24, 2.45) is 5.73 Å². The summed E-state index contributed by atoms with van der Waals surface area (Å²) in [6.07, 6.45) is 1.09. The molecule has 0 atom stereocenters. The highest BCUT2D eigenvalue weighted by Crippen LogP contribution is 2.18. The number of sulfonamides is 1. The molecule has 0 aromatic heterocycles. The average molecular weight is 327 g/mol. The van der Waals surface area contributed by atoms with E-state index < -0.39 is 10.0 Å². The molecule has 0 aliphatic carbocycles. The van der Waals surface area contributed by atoms with Gasteiger partial charge in [0.25, 0.3) is 0 Å². The second kappa shape index (κ2) is 6.83. The molecule has 1 aromatic carbocycles. The molecule has 1 fully saturated rings. The van der Waals surface area contributed by atoms with E-state index in [-0.39, 0.29) is 4.99 Å². The van der Waals surface area contributed by atoms with Crippen molar-refractivity contribution in [3.63, 3.8) is 0 Å². The van der Waals surface area contributed by atoms with Gasteiger partial charge in [0.1, 0.15) is 4.99 Å². The summed E-state index contributed by atoms with van der Waals surface area (Å²) >= 11 is 4.87. The summed E-state index contributed by atoms with van der Waals surface area (Å²) in [5, 5.41) is 0. The molecule has 0 spiro atoms. The van der Waals surface area contributed by atoms with Crippen LogP contribution in [0.25, 0.3) is 0 Å². The SMILES string of the molecule is CCCN1CCN(S(=O)(=O)c2ccc(C(N)=S)cc2)CC1. The summed E-state index contributed by atoms with van der Waals surface area (Å²) in [7, 11) is -3.42. The van der Waals surface area contributed by atoms with E-state index in [1.165, 1.54) is 0 Å². The van der Waals surface area contributed by atoms with Gasteiger partial charge in [-0.2, -0.15) is 4.31 Å². The summed E-state index contributed by atoms with van der Waals surface area (Å²) in [5.74, 6) is 0. The van der Waals surface area contributed by atoms with Gasteiger partial charge in [0, 0.05) is 31.7 Å². The molecule has 5 nitrogen and oxygen atoms in total. The quantitative estimate of drug-likeness (QED) is 0.819. The molecule has 0 unspecified atom stereocenters. The monoisotopic (exact) mass is 327 g/mol. The van der Waals surface area contributed by atoms with Gasteiger partial charge < -0.3 is 10.6 Å². The lowest BCUT2D eigenvalue weighted by atomic mass is 10.2. The number of benzene rings is 1. The number of rotatable bonds is 5. The lowest BCUT2D eigenvalue weighted by molar-refractivity contribution is 0.188. The molecular formula is C14H21N3O2S2. The molecule has 1 aliphatic rings. The van der Waals surface area contributed by atoms with E-state index in [1.54, 1.807) is 28.6 Å². The minimum absolute atomic E-state index is 0.270. The van der Waals surface area contributed by atoms with Crippen LogP contribution in [-0.2, 0) is 10.0 Å². The van der Waals surface area contributed by atoms with Crippen LogP contribution in [0.2, 0.25) is 0 Å². The van der Waals surface area contributed by atoms with Crippen LogP contribution >= 0.6 is 12.2 Å². The molecule has 1 heterocycles. The summed E-state index contributed by atoms with van der Waals surface area (Å²) in [6, 6.07) is 6.45. The van der Waals surface area contributed by atoms with Crippen LogP contribution in [0.1, 0.15) is 18.9 Å². The van der Waals surface area contributed by atoms with Gasteiger partial charge in [-0.3, -0.25) is 0 Å². The first-order valence-electron chi connectivity index (χ1n) is 7.07. The zero-order chi connectivity index (χ0) is 15.5. The van der Waals surface area contributed by atoms with Crippen molar-refractivity contribution in [2.75, 3.05) is 32.7 Å². The Morgan fingerprint density at radius 3 is 2.24 bits per heavy atom. The Morgan fingerprint density at radius 2 is 1.76 bits per heavy atom. The predicted octanol–water partition coefficient (Wildman–Crippen LogP) is 1.04. The van der Waals surface area contributed by atoms with Crippen molar-refractivity contribution in [1.82, 2.24) is 9.21 Å². The molecule has 1 aliphatic heterocycles. The highest BCUT2D eigenvalue weighted by Gasteiger charge is 2.28. The number of hydrogen-bond donors (Lipinski definition) is 1. The van der Waals surface area contributed by atoms with E-state index in [0.29, 0.717) is 23.5 Å². The topological polar surface area (TPSA) is 66.6 Å². The minimum Gasteiger partial charge on any atom is -0.389 e. The van der Waals surface area contributed by atoms with E-state index in [1.807, 2.05) is 0 Å². The van der Waals surface area contributed by atoms with Crippen LogP contribution in [-0.4, -0.2) is 55.3 Å². The average Bonchev–Trinajstić information content (AvgIpc) is 2.48. The molecule has 116 valence electrons. The maximum absolute atomic E-state index is 12.6. The van der Waals surface area contributed by atoms with Gasteiger partial charge in [-0.25, -0.2) is 8.42 Å². The molecule has 7 heteroatoms. The third-order valence-corrected chi connectivity index (χ3v) is 5.80. The number of thiocarbonyl (C=S) groups is 1. The summed E-state index contributed by atoms with van der Waals surface area (Å²) in [6.45, 7) is 5.82. The van der Waals surface area contributed by atoms with E-state index in [2.05, 4.69) is 11.8 Å². The van der Waals surface area contributed by atoms with Crippen molar-refractivity contribution in [3.05, 3.63) is 29.8 Å². The van der Waals surface area contributed by atoms with Crippen LogP contribution in [0, 0.1) is 0 Å². The van der Waals surface area contributed by atoms with Gasteiger partial charge in [0.2, 0.25) is 10.0 Å². The van der Waals surface area contributed by atoms with Crippen LogP contribution in [0.3, 0.4) is 0 Å². The Morgan fingerprint density at radius 1 is 1.19 bits per heavy atom. The third-order valence-electron chi connectivity index (χ3n) is 3.65. The maximum Gasteiger partial charge on any atom is 0.243 e. The molecule has 1 saturated heterocycles. The van der Waals surface area contributed by atoms with Crippen LogP contribution in [0.15, 0.2) is 29.2 Å². The number of nitrogens with two attached hydrogens (primary N) is 1. The van der Waals surface area contributed by atoms with Crippen molar-refractivity contribution in [2.45, 2.75) is 18.2 Å². The summed E-state index contributed by atoms with van der Waals surface area (Å²) in [5.41, 5.74) is 6.20. The largest absolute Gasteiger partial charge is 0.389 e. The van der Waals surface area contributed by atoms with Crippen molar-refractivity contribution in [3.8, 4) is 0 Å². The zero-order valence-electron chi connectivity index (χ0n) is 12.2. The first-order valence-corrected chi connectivity index (χ1v) is 8.92. The van der Waals surface area contributed by atoms with Gasteiger partial charge in [-0.15, -0.1) is 0 Å². The standard InChI is InChI=1S/C14H21N3O2S2/c1-2-7-16-8-10-17(11-9-16)21(18,19)13-5-3-12(4-6-13)14(15)20/h3-6H,2,7-11H2,1H3,(H2,15,20). The van der Waals surface area contributed by atoms with E-state index in [0.717, 1.165) is 26.1 Å². The smallest absolute Gasteiger partial charge is 0.243 e. The van der Waals surface area contributed by atoms with Crippen LogP contribution < -0.4 is 5.73 Å². The molecule has 0 bridgehead atoms. The lowest BCUT2D eigenvalue weighted by Gasteiger charge is -2.33. The van der Waals surface area contributed by atoms with Crippen LogP contribution in [0.4, 0.5) is 0 Å². The Balaban J connectivity index is 2.10. The number of hydrogen-bond acceptors (Lipinski definition) is 4. The molecule has 0 saturated carbocycles. The normalized spacial score (nSPS) is 17.8. The molecule has 0 amide bonds. The molecule has 0 radical (unpaired) electrons. The first kappa shape index (κ1) is 16.4. The fraction of sp³-hybridized carbons (Fsp3) is 0.500. The maximum atomic E-state index is 12.6. The summed E-state index contributed by atoms with van der Waals surface area (Å²) in [4.78, 5) is 2.86. The zero-order valence-corrected chi connectivity index (χ0v) is 13.8. The number of nitrogens with zero attached hydrogens (tertiary/aromatic N) is 2. The van der Waals surface area contributed by atoms with Gasteiger partial charge in [0.05, 0.1) is 4.90 Å². The van der Waals surface area contributed by atoms with E-state index >= 15 is 0 Å². The highest BCUT2D eigenvalue weighted by molar-refractivity contribution is 7.89. The molecule has 2 N–H and O–H groups in total. The molecule has 1 aromatic rings. The van der Waals surface area contributed by atoms with Crippen LogP contribution in [0.5, 0.6) is 0 Å². The fourth-order valence-corrected chi connectivity index (χ4v) is 4.01. The van der Waals surface area contributed by atoms with Gasteiger partial charge in [-0.05, 0) is 25.1 Å². The Labute approximate surface area is 131 Å². The number of piperazine rings is 1. The molecular weight excluding hydrogens is 306 g/mol. The van der Waals surface area contributed by atoms with Gasteiger partial charge >= 0.3 is 0 Å². The Bertz CT molecular complexity index is 591. The van der Waals surface area contributed by atoms with Crippen molar-refractivity contribution in [1.29, 1.82) is 0 Å². The highest BCUT2D eigenvalue weighted by atomic mass is 32.2. The lowest BCUT2D eigenvalue weighted by Crippen LogP contribution is -2.48. The predicted molar refractivity (Wildman–Crippen MR) is 87.8 cm³/mol. The Hall–Kier alpha value is -1.02. The van der Waals surface area contributed by atoms with Crippen molar-refractivity contribution >= 4 is 27.2 Å². The molecule has 21 heavy (non-hydrogen) atoms. The van der Waals surface area contributed by atoms with Gasteiger partial charge in [-0.1, -0.05) is 31.3 Å². The summed E-state index contributed by atoms with van der Waals surface area (Å²) < 4.78 is 26.7. The third kappa shape index (κ3) is 3.79. The fourth-order valence-electron chi connectivity index (χ4n) is 2.45. The van der Waals surface area contributed by atoms with Gasteiger partial charge in [0.15, 0.2) is 0 Å². The van der Waals surface area contributed by atoms with E-state index in [4.69, 9.17) is 18.0 Å². The van der Waals surface area contributed by atoms with E-state index in [9.17, 15) is 8.42 Å².